The molecule has 4 heteroatoms. The molecule has 0 saturated heterocycles. The molecule has 0 saturated carbocycles. The lowest BCUT2D eigenvalue weighted by atomic mass is 10.0. The quantitative estimate of drug-likeness (QED) is 0.638. The Morgan fingerprint density at radius 3 is 2.50 bits per heavy atom. The summed E-state index contributed by atoms with van der Waals surface area (Å²) < 4.78 is 0. The molecule has 0 fully saturated rings. The summed E-state index contributed by atoms with van der Waals surface area (Å²) in [7, 11) is 3.58. The topological polar surface area (TPSA) is 58.4 Å². The smallest absolute Gasteiger partial charge is 0.233 e. The third-order valence-corrected chi connectivity index (χ3v) is 2.39. The number of rotatable bonds is 6. The van der Waals surface area contributed by atoms with Crippen LogP contribution in [0.2, 0.25) is 0 Å². The molecule has 0 aliphatic heterocycles. The van der Waals surface area contributed by atoms with Gasteiger partial charge in [-0.15, -0.1) is 0 Å². The molecule has 3 N–H and O–H groups in total. The van der Waals surface area contributed by atoms with Gasteiger partial charge in [0.25, 0.3) is 0 Å². The van der Waals surface area contributed by atoms with Gasteiger partial charge < -0.3 is 11.1 Å². The van der Waals surface area contributed by atoms with E-state index in [1.165, 1.54) is 0 Å². The molecule has 0 aromatic heterocycles. The molecular formula is C10H23N3O. The Bertz CT molecular complexity index is 171. The van der Waals surface area contributed by atoms with Crippen molar-refractivity contribution in [2.75, 3.05) is 27.2 Å². The number of nitrogens with zero attached hydrogens (tertiary/aromatic N) is 1. The van der Waals surface area contributed by atoms with Gasteiger partial charge in [0.15, 0.2) is 0 Å². The molecule has 0 bridgehead atoms. The number of hydrogen-bond donors (Lipinski definition) is 2. The molecule has 1 unspecified atom stereocenters. The predicted octanol–water partition coefficient (Wildman–Crippen LogP) is 0.0376. The molecule has 0 aliphatic carbocycles. The second kappa shape index (κ2) is 6.79. The zero-order valence-electron chi connectivity index (χ0n) is 9.71. The summed E-state index contributed by atoms with van der Waals surface area (Å²) in [5.41, 5.74) is 5.90. The van der Waals surface area contributed by atoms with Crippen LogP contribution in [-0.2, 0) is 4.79 Å². The molecule has 0 aromatic carbocycles. The summed E-state index contributed by atoms with van der Waals surface area (Å²) in [4.78, 5) is 13.0. The Morgan fingerprint density at radius 1 is 1.50 bits per heavy atom. The summed E-state index contributed by atoms with van der Waals surface area (Å²) in [5, 5.41) is 2.59. The third-order valence-electron chi connectivity index (χ3n) is 2.39. The van der Waals surface area contributed by atoms with E-state index in [1.54, 1.807) is 7.05 Å². The van der Waals surface area contributed by atoms with Crippen LogP contribution >= 0.6 is 0 Å². The number of likely N-dealkylation sites (N-methyl/N-ethyl adjacent to an activating group) is 2. The van der Waals surface area contributed by atoms with Crippen LogP contribution in [0.25, 0.3) is 0 Å². The first-order chi connectivity index (χ1) is 6.47. The number of carbonyl (C=O) groups is 1. The monoisotopic (exact) mass is 201 g/mol. The van der Waals surface area contributed by atoms with Crippen molar-refractivity contribution in [3.8, 4) is 0 Å². The zero-order chi connectivity index (χ0) is 11.1. The maximum absolute atomic E-state index is 11.0. The van der Waals surface area contributed by atoms with E-state index in [2.05, 4.69) is 19.2 Å². The highest BCUT2D eigenvalue weighted by atomic mass is 16.1. The molecule has 84 valence electrons. The first-order valence-corrected chi connectivity index (χ1v) is 5.12. The van der Waals surface area contributed by atoms with Crippen molar-refractivity contribution in [2.45, 2.75) is 26.3 Å². The average Bonchev–Trinajstić information content (AvgIpc) is 2.13. The van der Waals surface area contributed by atoms with E-state index in [-0.39, 0.29) is 11.9 Å². The van der Waals surface area contributed by atoms with Gasteiger partial charge in [-0.25, -0.2) is 0 Å². The molecule has 0 radical (unpaired) electrons. The number of carbonyl (C=O) groups excluding carboxylic acids is 1. The van der Waals surface area contributed by atoms with Gasteiger partial charge >= 0.3 is 0 Å². The molecule has 0 heterocycles. The van der Waals surface area contributed by atoms with Crippen LogP contribution in [0.5, 0.6) is 0 Å². The predicted molar refractivity (Wildman–Crippen MR) is 59.0 cm³/mol. The van der Waals surface area contributed by atoms with Gasteiger partial charge in [0.1, 0.15) is 0 Å². The van der Waals surface area contributed by atoms with E-state index in [4.69, 9.17) is 5.73 Å². The molecule has 1 amide bonds. The number of nitrogens with two attached hydrogens (primary N) is 1. The molecular weight excluding hydrogens is 178 g/mol. The van der Waals surface area contributed by atoms with Gasteiger partial charge in [-0.1, -0.05) is 13.8 Å². The normalized spacial score (nSPS) is 13.4. The highest BCUT2D eigenvalue weighted by Crippen LogP contribution is 2.03. The number of hydrogen-bond acceptors (Lipinski definition) is 3. The van der Waals surface area contributed by atoms with Crippen molar-refractivity contribution < 1.29 is 4.79 Å². The van der Waals surface area contributed by atoms with Gasteiger partial charge in [-0.05, 0) is 25.9 Å². The first-order valence-electron chi connectivity index (χ1n) is 5.12. The van der Waals surface area contributed by atoms with Crippen molar-refractivity contribution in [1.82, 2.24) is 10.2 Å². The van der Waals surface area contributed by atoms with E-state index < -0.39 is 0 Å². The van der Waals surface area contributed by atoms with E-state index >= 15 is 0 Å². The minimum absolute atomic E-state index is 0.0469. The molecule has 0 aromatic rings. The Labute approximate surface area is 86.8 Å². The lowest BCUT2D eigenvalue weighted by molar-refractivity contribution is -0.121. The second-order valence-corrected chi connectivity index (χ2v) is 4.11. The Kier molecular flexibility index (Phi) is 6.49. The van der Waals surface area contributed by atoms with Crippen LogP contribution in [0, 0.1) is 5.92 Å². The lowest BCUT2D eigenvalue weighted by Crippen LogP contribution is -2.36. The maximum atomic E-state index is 11.0. The van der Waals surface area contributed by atoms with E-state index in [0.29, 0.717) is 12.5 Å². The van der Waals surface area contributed by atoms with Crippen LogP contribution in [0.1, 0.15) is 20.3 Å². The first kappa shape index (κ1) is 13.4. The van der Waals surface area contributed by atoms with Crippen molar-refractivity contribution in [3.63, 3.8) is 0 Å². The van der Waals surface area contributed by atoms with Gasteiger partial charge in [0.2, 0.25) is 5.91 Å². The average molecular weight is 201 g/mol. The molecule has 0 aliphatic rings. The molecule has 0 spiro atoms. The zero-order valence-corrected chi connectivity index (χ0v) is 9.71. The highest BCUT2D eigenvalue weighted by molar-refractivity contribution is 5.77. The van der Waals surface area contributed by atoms with E-state index in [0.717, 1.165) is 13.0 Å². The van der Waals surface area contributed by atoms with Gasteiger partial charge in [-0.3, -0.25) is 9.69 Å². The third kappa shape index (κ3) is 5.94. The van der Waals surface area contributed by atoms with Gasteiger partial charge in [0, 0.05) is 13.1 Å². The van der Waals surface area contributed by atoms with Gasteiger partial charge in [0.05, 0.1) is 6.54 Å². The number of nitrogens with one attached hydrogen (secondary N) is 1. The second-order valence-electron chi connectivity index (χ2n) is 4.11. The van der Waals surface area contributed by atoms with E-state index in [1.807, 2.05) is 11.9 Å². The van der Waals surface area contributed by atoms with Crippen molar-refractivity contribution in [2.24, 2.45) is 11.7 Å². The molecule has 14 heavy (non-hydrogen) atoms. The summed E-state index contributed by atoms with van der Waals surface area (Å²) in [6, 6.07) is 0.224. The molecule has 1 atom stereocenters. The summed E-state index contributed by atoms with van der Waals surface area (Å²) in [6.07, 6.45) is 0.936. The van der Waals surface area contributed by atoms with Crippen molar-refractivity contribution in [3.05, 3.63) is 0 Å². The summed E-state index contributed by atoms with van der Waals surface area (Å²) >= 11 is 0. The Hall–Kier alpha value is -0.610. The Balaban J connectivity index is 3.63. The fourth-order valence-electron chi connectivity index (χ4n) is 1.11. The van der Waals surface area contributed by atoms with Gasteiger partial charge in [-0.2, -0.15) is 0 Å². The fraction of sp³-hybridized carbons (Fsp3) is 0.900. The Morgan fingerprint density at radius 2 is 2.07 bits per heavy atom. The molecule has 0 rings (SSSR count). The van der Waals surface area contributed by atoms with Crippen LogP contribution in [-0.4, -0.2) is 44.0 Å². The summed E-state index contributed by atoms with van der Waals surface area (Å²) in [6.45, 7) is 5.54. The van der Waals surface area contributed by atoms with Crippen LogP contribution < -0.4 is 11.1 Å². The SMILES string of the molecule is CNC(=O)CN(C)CCC(N)C(C)C. The lowest BCUT2D eigenvalue weighted by Gasteiger charge is -2.20. The summed E-state index contributed by atoms with van der Waals surface area (Å²) in [5.74, 6) is 0.550. The largest absolute Gasteiger partial charge is 0.358 e. The standard InChI is InChI=1S/C10H23N3O/c1-8(2)9(11)5-6-13(4)7-10(14)12-3/h8-9H,5-7,11H2,1-4H3,(H,12,14). The van der Waals surface area contributed by atoms with Crippen LogP contribution in [0.4, 0.5) is 0 Å². The number of amides is 1. The molecule has 4 nitrogen and oxygen atoms in total. The van der Waals surface area contributed by atoms with Crippen LogP contribution in [0.15, 0.2) is 0 Å². The van der Waals surface area contributed by atoms with E-state index in [9.17, 15) is 4.79 Å². The minimum atomic E-state index is 0.0469. The van der Waals surface area contributed by atoms with Crippen LogP contribution in [0.3, 0.4) is 0 Å². The van der Waals surface area contributed by atoms with Crippen molar-refractivity contribution >= 4 is 5.91 Å². The fourth-order valence-corrected chi connectivity index (χ4v) is 1.11. The minimum Gasteiger partial charge on any atom is -0.358 e. The van der Waals surface area contributed by atoms with Crippen molar-refractivity contribution in [1.29, 1.82) is 0 Å². The maximum Gasteiger partial charge on any atom is 0.233 e. The highest BCUT2D eigenvalue weighted by Gasteiger charge is 2.10.